The molecule has 0 atom stereocenters. The highest BCUT2D eigenvalue weighted by Crippen LogP contribution is 2.16. The molecule has 1 heterocycles. The number of carboxylic acid groups (broad SMARTS) is 1. The molecule has 0 aliphatic rings. The number of carboxylic acids is 1. The van der Waals surface area contributed by atoms with Gasteiger partial charge >= 0.3 is 5.97 Å². The lowest BCUT2D eigenvalue weighted by molar-refractivity contribution is -0.133. The summed E-state index contributed by atoms with van der Waals surface area (Å²) in [6.07, 6.45) is 5.40. The van der Waals surface area contributed by atoms with Gasteiger partial charge in [0.05, 0.1) is 0 Å². The molecule has 0 radical (unpaired) electrons. The number of aromatic nitrogens is 2. The maximum absolute atomic E-state index is 10.3. The van der Waals surface area contributed by atoms with Crippen LogP contribution in [0.2, 0.25) is 0 Å². The molecule has 0 unspecified atom stereocenters. The number of unbranched alkanes of at least 4 members (excludes halogenated alkanes) is 3. The number of hydrogen-bond donors (Lipinski definition) is 1. The summed E-state index contributed by atoms with van der Waals surface area (Å²) in [6.45, 7) is 2.16. The minimum Gasteiger partial charge on any atom is -0.481 e. The smallest absolute Gasteiger partial charge is 0.314 e. The minimum absolute atomic E-state index is 0.0442. The molecule has 0 fully saturated rings. The lowest BCUT2D eigenvalue weighted by Crippen LogP contribution is -1.97. The molecule has 1 N–H and O–H groups in total. The first-order chi connectivity index (χ1) is 7.72. The van der Waals surface area contributed by atoms with E-state index in [9.17, 15) is 4.79 Å². The first-order valence-electron chi connectivity index (χ1n) is 5.39. The summed E-state index contributed by atoms with van der Waals surface area (Å²) < 4.78 is 5.29. The Hall–Kier alpha value is -1.04. The predicted octanol–water partition coefficient (Wildman–Crippen LogP) is 2.37. The largest absolute Gasteiger partial charge is 0.481 e. The van der Waals surface area contributed by atoms with Crippen LogP contribution >= 0.6 is 11.8 Å². The van der Waals surface area contributed by atoms with Gasteiger partial charge in [0.2, 0.25) is 5.89 Å². The van der Waals surface area contributed by atoms with Crippen molar-refractivity contribution in [1.82, 2.24) is 10.2 Å². The number of aliphatic carboxylic acids is 1. The molecule has 6 heteroatoms. The normalized spacial score (nSPS) is 10.6. The average molecular weight is 244 g/mol. The molecule has 0 bridgehead atoms. The number of aryl methyl sites for hydroxylation is 1. The van der Waals surface area contributed by atoms with Crippen LogP contribution in [0, 0.1) is 0 Å². The van der Waals surface area contributed by atoms with Crippen LogP contribution in [0.3, 0.4) is 0 Å². The SMILES string of the molecule is CCCCCCc1nnc(SCC(=O)O)o1. The monoisotopic (exact) mass is 244 g/mol. The number of rotatable bonds is 8. The van der Waals surface area contributed by atoms with Crippen LogP contribution in [0.15, 0.2) is 9.64 Å². The molecule has 1 aromatic rings. The third-order valence-corrected chi connectivity index (χ3v) is 2.81. The second kappa shape index (κ2) is 7.27. The van der Waals surface area contributed by atoms with E-state index < -0.39 is 5.97 Å². The molecular formula is C10H16N2O3S. The van der Waals surface area contributed by atoms with E-state index in [2.05, 4.69) is 17.1 Å². The molecule has 1 rings (SSSR count). The van der Waals surface area contributed by atoms with Crippen molar-refractivity contribution in [2.45, 2.75) is 44.3 Å². The minimum atomic E-state index is -0.882. The maximum atomic E-state index is 10.3. The van der Waals surface area contributed by atoms with Crippen LogP contribution in [0.1, 0.15) is 38.5 Å². The first-order valence-corrected chi connectivity index (χ1v) is 6.38. The zero-order valence-electron chi connectivity index (χ0n) is 9.31. The summed E-state index contributed by atoms with van der Waals surface area (Å²) in [7, 11) is 0. The summed E-state index contributed by atoms with van der Waals surface area (Å²) in [5.74, 6) is -0.325. The van der Waals surface area contributed by atoms with Gasteiger partial charge in [0, 0.05) is 6.42 Å². The Kier molecular flexibility index (Phi) is 5.92. The highest BCUT2D eigenvalue weighted by molar-refractivity contribution is 7.99. The zero-order valence-corrected chi connectivity index (χ0v) is 10.1. The van der Waals surface area contributed by atoms with Gasteiger partial charge in [-0.05, 0) is 6.42 Å². The van der Waals surface area contributed by atoms with Gasteiger partial charge in [-0.25, -0.2) is 0 Å². The fraction of sp³-hybridized carbons (Fsp3) is 0.700. The molecule has 90 valence electrons. The van der Waals surface area contributed by atoms with Crippen molar-refractivity contribution in [3.63, 3.8) is 0 Å². The molecule has 0 amide bonds. The summed E-state index contributed by atoms with van der Waals surface area (Å²) in [4.78, 5) is 10.3. The summed E-state index contributed by atoms with van der Waals surface area (Å²) in [6, 6.07) is 0. The van der Waals surface area contributed by atoms with E-state index in [0.29, 0.717) is 11.1 Å². The zero-order chi connectivity index (χ0) is 11.8. The highest BCUT2D eigenvalue weighted by atomic mass is 32.2. The fourth-order valence-corrected chi connectivity index (χ4v) is 1.72. The number of nitrogens with zero attached hydrogens (tertiary/aromatic N) is 2. The molecular weight excluding hydrogens is 228 g/mol. The Morgan fingerprint density at radius 1 is 1.38 bits per heavy atom. The van der Waals surface area contributed by atoms with E-state index in [1.807, 2.05) is 0 Å². The summed E-state index contributed by atoms with van der Waals surface area (Å²) in [5.41, 5.74) is 0. The van der Waals surface area contributed by atoms with Crippen molar-refractivity contribution in [3.05, 3.63) is 5.89 Å². The van der Waals surface area contributed by atoms with Gasteiger partial charge in [-0.3, -0.25) is 4.79 Å². The van der Waals surface area contributed by atoms with Crippen molar-refractivity contribution < 1.29 is 14.3 Å². The fourth-order valence-electron chi connectivity index (χ4n) is 1.22. The van der Waals surface area contributed by atoms with Crippen molar-refractivity contribution in [3.8, 4) is 0 Å². The summed E-state index contributed by atoms with van der Waals surface area (Å²) >= 11 is 1.05. The van der Waals surface area contributed by atoms with E-state index in [4.69, 9.17) is 9.52 Å². The van der Waals surface area contributed by atoms with E-state index in [-0.39, 0.29) is 5.75 Å². The van der Waals surface area contributed by atoms with E-state index in [1.54, 1.807) is 0 Å². The molecule has 1 aromatic heterocycles. The van der Waals surface area contributed by atoms with Gasteiger partial charge in [0.25, 0.3) is 5.22 Å². The van der Waals surface area contributed by atoms with Gasteiger partial charge in [-0.1, -0.05) is 37.9 Å². The Morgan fingerprint density at radius 2 is 2.19 bits per heavy atom. The Balaban J connectivity index is 2.25. The molecule has 16 heavy (non-hydrogen) atoms. The van der Waals surface area contributed by atoms with E-state index in [1.165, 1.54) is 12.8 Å². The van der Waals surface area contributed by atoms with Crippen molar-refractivity contribution in [2.75, 3.05) is 5.75 Å². The van der Waals surface area contributed by atoms with Crippen LogP contribution < -0.4 is 0 Å². The van der Waals surface area contributed by atoms with Gasteiger partial charge in [0.1, 0.15) is 5.75 Å². The molecule has 5 nitrogen and oxygen atoms in total. The maximum Gasteiger partial charge on any atom is 0.314 e. The topological polar surface area (TPSA) is 76.2 Å². The van der Waals surface area contributed by atoms with Crippen LogP contribution in [-0.2, 0) is 11.2 Å². The van der Waals surface area contributed by atoms with Crippen LogP contribution in [-0.4, -0.2) is 27.0 Å². The predicted molar refractivity (Wildman–Crippen MR) is 60.5 cm³/mol. The lowest BCUT2D eigenvalue weighted by atomic mass is 10.2. The quantitative estimate of drug-likeness (QED) is 0.559. The Bertz CT molecular complexity index is 328. The standard InChI is InChI=1S/C10H16N2O3S/c1-2-3-4-5-6-8-11-12-10(15-8)16-7-9(13)14/h2-7H2,1H3,(H,13,14). The Morgan fingerprint density at radius 3 is 2.88 bits per heavy atom. The van der Waals surface area contributed by atoms with Gasteiger partial charge < -0.3 is 9.52 Å². The van der Waals surface area contributed by atoms with Crippen LogP contribution in [0.25, 0.3) is 0 Å². The highest BCUT2D eigenvalue weighted by Gasteiger charge is 2.08. The van der Waals surface area contributed by atoms with Gasteiger partial charge in [-0.15, -0.1) is 10.2 Å². The van der Waals surface area contributed by atoms with Crippen LogP contribution in [0.5, 0.6) is 0 Å². The Labute approximate surface area is 98.6 Å². The van der Waals surface area contributed by atoms with E-state index >= 15 is 0 Å². The van der Waals surface area contributed by atoms with Crippen molar-refractivity contribution >= 4 is 17.7 Å². The number of hydrogen-bond acceptors (Lipinski definition) is 5. The average Bonchev–Trinajstić information content (AvgIpc) is 2.70. The van der Waals surface area contributed by atoms with Gasteiger partial charge in [0.15, 0.2) is 0 Å². The van der Waals surface area contributed by atoms with Crippen molar-refractivity contribution in [1.29, 1.82) is 0 Å². The molecule has 0 aromatic carbocycles. The van der Waals surface area contributed by atoms with E-state index in [0.717, 1.165) is 31.0 Å². The lowest BCUT2D eigenvalue weighted by Gasteiger charge is -1.94. The molecule has 0 aliphatic heterocycles. The first kappa shape index (κ1) is 13.0. The van der Waals surface area contributed by atoms with Crippen LogP contribution in [0.4, 0.5) is 0 Å². The number of carbonyl (C=O) groups is 1. The molecule has 0 spiro atoms. The second-order valence-electron chi connectivity index (χ2n) is 3.45. The van der Waals surface area contributed by atoms with Gasteiger partial charge in [-0.2, -0.15) is 0 Å². The van der Waals surface area contributed by atoms with Crippen molar-refractivity contribution in [2.24, 2.45) is 0 Å². The number of thioether (sulfide) groups is 1. The summed E-state index contributed by atoms with van der Waals surface area (Å²) in [5, 5.41) is 16.4. The third-order valence-electron chi connectivity index (χ3n) is 2.01. The molecule has 0 aliphatic carbocycles. The molecule has 0 saturated carbocycles. The molecule has 0 saturated heterocycles. The third kappa shape index (κ3) is 5.16. The second-order valence-corrected chi connectivity index (χ2v) is 4.38.